The smallest absolute Gasteiger partial charge is 0.155 e. The molecule has 0 aromatic heterocycles. The highest BCUT2D eigenvalue weighted by atomic mass is 16.2. The van der Waals surface area contributed by atoms with Gasteiger partial charge >= 0.3 is 0 Å². The molecule has 4 unspecified atom stereocenters. The molecular formula is C21H28O2. The lowest BCUT2D eigenvalue weighted by molar-refractivity contribution is -0.115. The average Bonchev–Trinajstić information content (AvgIpc) is 2.85. The van der Waals surface area contributed by atoms with Gasteiger partial charge in [0.25, 0.3) is 0 Å². The highest BCUT2D eigenvalue weighted by Crippen LogP contribution is 2.64. The molecule has 0 spiro atoms. The lowest BCUT2D eigenvalue weighted by Crippen LogP contribution is -2.43. The van der Waals surface area contributed by atoms with Crippen molar-refractivity contribution in [3.63, 3.8) is 0 Å². The lowest BCUT2D eigenvalue weighted by atomic mass is 9.52. The quantitative estimate of drug-likeness (QED) is 0.731. The average molecular weight is 312 g/mol. The van der Waals surface area contributed by atoms with Crippen molar-refractivity contribution in [3.05, 3.63) is 34.9 Å². The molecule has 124 valence electrons. The SMILES string of the molecule is CC12CCC(=O)C=C1CCC1C2=CCC2(C)C(=CCO)CCC12. The summed E-state index contributed by atoms with van der Waals surface area (Å²) in [5.41, 5.74) is 4.89. The van der Waals surface area contributed by atoms with Crippen LogP contribution in [0, 0.1) is 22.7 Å². The zero-order valence-electron chi connectivity index (χ0n) is 14.4. The van der Waals surface area contributed by atoms with Gasteiger partial charge in [0, 0.05) is 11.8 Å². The van der Waals surface area contributed by atoms with Crippen molar-refractivity contribution in [2.75, 3.05) is 6.61 Å². The second kappa shape index (κ2) is 5.17. The molecule has 2 heteroatoms. The van der Waals surface area contributed by atoms with Gasteiger partial charge in [-0.25, -0.2) is 0 Å². The van der Waals surface area contributed by atoms with Gasteiger partial charge in [-0.2, -0.15) is 0 Å². The first kappa shape index (κ1) is 15.4. The lowest BCUT2D eigenvalue weighted by Gasteiger charge is -2.52. The molecule has 0 aromatic carbocycles. The number of ketones is 1. The monoisotopic (exact) mass is 312 g/mol. The van der Waals surface area contributed by atoms with Crippen LogP contribution in [0.3, 0.4) is 0 Å². The van der Waals surface area contributed by atoms with Crippen molar-refractivity contribution in [1.29, 1.82) is 0 Å². The minimum Gasteiger partial charge on any atom is -0.392 e. The number of allylic oxidation sites excluding steroid dienone is 5. The molecule has 0 saturated heterocycles. The van der Waals surface area contributed by atoms with Crippen LogP contribution >= 0.6 is 0 Å². The van der Waals surface area contributed by atoms with Crippen LogP contribution in [0.1, 0.15) is 58.8 Å². The first-order valence-corrected chi connectivity index (χ1v) is 9.24. The Labute approximate surface area is 139 Å². The number of carbonyl (C=O) groups excluding carboxylic acids is 1. The molecule has 2 saturated carbocycles. The number of hydrogen-bond acceptors (Lipinski definition) is 2. The van der Waals surface area contributed by atoms with Crippen LogP contribution in [0.25, 0.3) is 0 Å². The summed E-state index contributed by atoms with van der Waals surface area (Å²) in [7, 11) is 0. The van der Waals surface area contributed by atoms with E-state index in [2.05, 4.69) is 26.0 Å². The van der Waals surface area contributed by atoms with Gasteiger partial charge < -0.3 is 5.11 Å². The van der Waals surface area contributed by atoms with Gasteiger partial charge in [-0.15, -0.1) is 0 Å². The molecule has 4 rings (SSSR count). The maximum absolute atomic E-state index is 11.8. The molecular weight excluding hydrogens is 284 g/mol. The number of hydrogen-bond donors (Lipinski definition) is 1. The molecule has 0 radical (unpaired) electrons. The Morgan fingerprint density at radius 3 is 2.87 bits per heavy atom. The predicted molar refractivity (Wildman–Crippen MR) is 91.9 cm³/mol. The number of aliphatic hydroxyl groups excluding tert-OH is 1. The van der Waals surface area contributed by atoms with Crippen molar-refractivity contribution >= 4 is 5.78 Å². The summed E-state index contributed by atoms with van der Waals surface area (Å²) in [5, 5.41) is 9.35. The summed E-state index contributed by atoms with van der Waals surface area (Å²) in [6, 6.07) is 0. The Morgan fingerprint density at radius 1 is 1.26 bits per heavy atom. The Bertz CT molecular complexity index is 638. The second-order valence-electron chi connectivity index (χ2n) is 8.45. The van der Waals surface area contributed by atoms with E-state index >= 15 is 0 Å². The summed E-state index contributed by atoms with van der Waals surface area (Å²) in [4.78, 5) is 11.8. The molecule has 4 atom stereocenters. The first-order valence-electron chi connectivity index (χ1n) is 9.24. The standard InChI is InChI=1S/C21H28O2/c1-20-11-8-19-17(18(20)6-4-14(20)9-12-22)5-3-15-13-16(23)7-10-21(15,19)2/h8-9,13,17-18,22H,3-7,10-12H2,1-2H3. The molecule has 23 heavy (non-hydrogen) atoms. The van der Waals surface area contributed by atoms with Crippen molar-refractivity contribution in [2.45, 2.75) is 58.8 Å². The molecule has 2 fully saturated rings. The first-order chi connectivity index (χ1) is 11.0. The van der Waals surface area contributed by atoms with Gasteiger partial charge in [0.05, 0.1) is 6.61 Å². The van der Waals surface area contributed by atoms with Gasteiger partial charge in [0.1, 0.15) is 0 Å². The largest absolute Gasteiger partial charge is 0.392 e. The van der Waals surface area contributed by atoms with Crippen LogP contribution in [0.15, 0.2) is 34.9 Å². The third-order valence-corrected chi connectivity index (χ3v) is 7.52. The van der Waals surface area contributed by atoms with Crippen LogP contribution in [-0.2, 0) is 4.79 Å². The van der Waals surface area contributed by atoms with Crippen molar-refractivity contribution in [2.24, 2.45) is 22.7 Å². The third-order valence-electron chi connectivity index (χ3n) is 7.52. The third kappa shape index (κ3) is 2.07. The number of carbonyl (C=O) groups is 1. The molecule has 0 bridgehead atoms. The summed E-state index contributed by atoms with van der Waals surface area (Å²) < 4.78 is 0. The summed E-state index contributed by atoms with van der Waals surface area (Å²) in [6.45, 7) is 4.97. The van der Waals surface area contributed by atoms with E-state index in [1.165, 1.54) is 24.0 Å². The molecule has 4 aliphatic carbocycles. The molecule has 1 N–H and O–H groups in total. The fourth-order valence-electron chi connectivity index (χ4n) is 6.16. The Kier molecular flexibility index (Phi) is 3.46. The van der Waals surface area contributed by atoms with Crippen molar-refractivity contribution < 1.29 is 9.90 Å². The topological polar surface area (TPSA) is 37.3 Å². The highest BCUT2D eigenvalue weighted by molar-refractivity contribution is 5.92. The zero-order valence-corrected chi connectivity index (χ0v) is 14.4. The summed E-state index contributed by atoms with van der Waals surface area (Å²) in [5.74, 6) is 1.72. The van der Waals surface area contributed by atoms with E-state index in [9.17, 15) is 9.90 Å². The maximum atomic E-state index is 11.8. The predicted octanol–water partition coefficient (Wildman–Crippen LogP) is 4.36. The maximum Gasteiger partial charge on any atom is 0.155 e. The van der Waals surface area contributed by atoms with Gasteiger partial charge in [0.15, 0.2) is 5.78 Å². The normalized spacial score (nSPS) is 44.3. The summed E-state index contributed by atoms with van der Waals surface area (Å²) in [6.07, 6.45) is 14.1. The molecule has 0 heterocycles. The molecule has 2 nitrogen and oxygen atoms in total. The molecule has 0 aromatic rings. The summed E-state index contributed by atoms with van der Waals surface area (Å²) >= 11 is 0. The van der Waals surface area contributed by atoms with Crippen LogP contribution < -0.4 is 0 Å². The zero-order chi connectivity index (χ0) is 16.2. The van der Waals surface area contributed by atoms with E-state index in [1.54, 1.807) is 5.57 Å². The molecule has 0 amide bonds. The van der Waals surface area contributed by atoms with Gasteiger partial charge in [-0.3, -0.25) is 4.79 Å². The Morgan fingerprint density at radius 2 is 2.09 bits per heavy atom. The minimum atomic E-state index is 0.140. The number of aliphatic hydroxyl groups is 1. The van der Waals surface area contributed by atoms with E-state index in [1.807, 2.05) is 6.08 Å². The highest BCUT2D eigenvalue weighted by Gasteiger charge is 2.53. The van der Waals surface area contributed by atoms with E-state index in [-0.39, 0.29) is 17.4 Å². The molecule has 4 aliphatic rings. The van der Waals surface area contributed by atoms with E-state index in [4.69, 9.17) is 0 Å². The Balaban J connectivity index is 1.74. The van der Waals surface area contributed by atoms with Gasteiger partial charge in [-0.05, 0) is 61.9 Å². The minimum absolute atomic E-state index is 0.140. The molecule has 0 aliphatic heterocycles. The van der Waals surface area contributed by atoms with E-state index < -0.39 is 0 Å². The Hall–Kier alpha value is -1.15. The fraction of sp³-hybridized carbons (Fsp3) is 0.667. The number of rotatable bonds is 1. The van der Waals surface area contributed by atoms with Gasteiger partial charge in [-0.1, -0.05) is 42.7 Å². The van der Waals surface area contributed by atoms with E-state index in [0.717, 1.165) is 31.6 Å². The van der Waals surface area contributed by atoms with E-state index in [0.29, 0.717) is 18.1 Å². The second-order valence-corrected chi connectivity index (χ2v) is 8.45. The van der Waals surface area contributed by atoms with Crippen molar-refractivity contribution in [3.8, 4) is 0 Å². The van der Waals surface area contributed by atoms with Crippen molar-refractivity contribution in [1.82, 2.24) is 0 Å². The van der Waals surface area contributed by atoms with Crippen LogP contribution in [0.4, 0.5) is 0 Å². The number of fused-ring (bicyclic) bond motifs is 5. The van der Waals surface area contributed by atoms with Crippen LogP contribution in [-0.4, -0.2) is 17.5 Å². The van der Waals surface area contributed by atoms with Gasteiger partial charge in [0.2, 0.25) is 0 Å². The van der Waals surface area contributed by atoms with Crippen LogP contribution in [0.5, 0.6) is 0 Å². The fourth-order valence-corrected chi connectivity index (χ4v) is 6.16. The van der Waals surface area contributed by atoms with Crippen LogP contribution in [0.2, 0.25) is 0 Å².